The SMILES string of the molecule is COc1cccc(Nc2ccccc2C(=O)N2CC[C@H](CN)C2)c1. The molecule has 1 saturated heterocycles. The molecule has 2 aromatic rings. The Morgan fingerprint density at radius 1 is 1.29 bits per heavy atom. The van der Waals surface area contributed by atoms with Crippen LogP contribution in [0.15, 0.2) is 48.5 Å². The molecule has 0 unspecified atom stereocenters. The van der Waals surface area contributed by atoms with E-state index in [0.717, 1.165) is 36.6 Å². The van der Waals surface area contributed by atoms with E-state index in [9.17, 15) is 4.79 Å². The molecule has 0 spiro atoms. The van der Waals surface area contributed by atoms with Crippen molar-refractivity contribution in [3.63, 3.8) is 0 Å². The highest BCUT2D eigenvalue weighted by Crippen LogP contribution is 2.26. The molecule has 1 fully saturated rings. The second kappa shape index (κ2) is 7.36. The average molecular weight is 325 g/mol. The minimum Gasteiger partial charge on any atom is -0.497 e. The maximum atomic E-state index is 12.9. The zero-order valence-corrected chi connectivity index (χ0v) is 13.9. The third kappa shape index (κ3) is 3.51. The predicted molar refractivity (Wildman–Crippen MR) is 95.8 cm³/mol. The van der Waals surface area contributed by atoms with E-state index in [1.165, 1.54) is 0 Å². The number of anilines is 2. The van der Waals surface area contributed by atoms with Gasteiger partial charge in [0.15, 0.2) is 0 Å². The first kappa shape index (κ1) is 16.3. The fraction of sp³-hybridized carbons (Fsp3) is 0.316. The number of hydrogen-bond donors (Lipinski definition) is 2. The van der Waals surface area contributed by atoms with Crippen LogP contribution in [0.5, 0.6) is 5.75 Å². The molecule has 24 heavy (non-hydrogen) atoms. The molecule has 2 aromatic carbocycles. The Morgan fingerprint density at radius 2 is 2.12 bits per heavy atom. The van der Waals surface area contributed by atoms with Crippen molar-refractivity contribution in [3.05, 3.63) is 54.1 Å². The number of carbonyl (C=O) groups excluding carboxylic acids is 1. The molecule has 1 amide bonds. The minimum absolute atomic E-state index is 0.0527. The minimum atomic E-state index is 0.0527. The van der Waals surface area contributed by atoms with Crippen LogP contribution in [0.4, 0.5) is 11.4 Å². The summed E-state index contributed by atoms with van der Waals surface area (Å²) in [5.41, 5.74) is 8.09. The van der Waals surface area contributed by atoms with Crippen molar-refractivity contribution >= 4 is 17.3 Å². The van der Waals surface area contributed by atoms with Gasteiger partial charge in [0, 0.05) is 24.8 Å². The third-order valence-electron chi connectivity index (χ3n) is 4.41. The van der Waals surface area contributed by atoms with Crippen LogP contribution in [0.25, 0.3) is 0 Å². The largest absolute Gasteiger partial charge is 0.497 e. The van der Waals surface area contributed by atoms with Gasteiger partial charge in [-0.15, -0.1) is 0 Å². The number of nitrogens with two attached hydrogens (primary N) is 1. The van der Waals surface area contributed by atoms with Crippen LogP contribution < -0.4 is 15.8 Å². The zero-order valence-electron chi connectivity index (χ0n) is 13.9. The van der Waals surface area contributed by atoms with Crippen molar-refractivity contribution in [1.29, 1.82) is 0 Å². The molecule has 0 aromatic heterocycles. The number of carbonyl (C=O) groups is 1. The Labute approximate surface area is 142 Å². The molecule has 0 aliphatic carbocycles. The Hall–Kier alpha value is -2.53. The Kier molecular flexibility index (Phi) is 5.01. The van der Waals surface area contributed by atoms with Crippen LogP contribution >= 0.6 is 0 Å². The van der Waals surface area contributed by atoms with E-state index in [0.29, 0.717) is 18.0 Å². The highest BCUT2D eigenvalue weighted by atomic mass is 16.5. The number of nitrogens with one attached hydrogen (secondary N) is 1. The van der Waals surface area contributed by atoms with Gasteiger partial charge in [0.2, 0.25) is 0 Å². The van der Waals surface area contributed by atoms with Crippen LogP contribution in [0.3, 0.4) is 0 Å². The molecular formula is C19H23N3O2. The standard InChI is InChI=1S/C19H23N3O2/c1-24-16-6-4-5-15(11-16)21-18-8-3-2-7-17(18)19(23)22-10-9-14(12-20)13-22/h2-8,11,14,21H,9-10,12-13,20H2,1H3/t14-/m1/s1. The average Bonchev–Trinajstić information content (AvgIpc) is 3.11. The first-order valence-electron chi connectivity index (χ1n) is 8.20. The van der Waals surface area contributed by atoms with Crippen LogP contribution in [-0.4, -0.2) is 37.6 Å². The highest BCUT2D eigenvalue weighted by Gasteiger charge is 2.27. The van der Waals surface area contributed by atoms with Gasteiger partial charge in [-0.05, 0) is 43.1 Å². The predicted octanol–water partition coefficient (Wildman–Crippen LogP) is 2.86. The Morgan fingerprint density at radius 3 is 2.88 bits per heavy atom. The van der Waals surface area contributed by atoms with Crippen molar-refractivity contribution in [3.8, 4) is 5.75 Å². The number of amides is 1. The van der Waals surface area contributed by atoms with Gasteiger partial charge < -0.3 is 20.7 Å². The van der Waals surface area contributed by atoms with Gasteiger partial charge in [-0.3, -0.25) is 4.79 Å². The molecule has 126 valence electrons. The van der Waals surface area contributed by atoms with Gasteiger partial charge in [0.1, 0.15) is 5.75 Å². The molecule has 3 N–H and O–H groups in total. The van der Waals surface area contributed by atoms with E-state index in [1.807, 2.05) is 53.4 Å². The summed E-state index contributed by atoms with van der Waals surface area (Å²) in [6.07, 6.45) is 0.980. The lowest BCUT2D eigenvalue weighted by molar-refractivity contribution is 0.0788. The second-order valence-electron chi connectivity index (χ2n) is 6.04. The van der Waals surface area contributed by atoms with Crippen LogP contribution in [-0.2, 0) is 0 Å². The van der Waals surface area contributed by atoms with Crippen molar-refractivity contribution < 1.29 is 9.53 Å². The summed E-state index contributed by atoms with van der Waals surface area (Å²) in [7, 11) is 1.64. The van der Waals surface area contributed by atoms with Gasteiger partial charge in [-0.25, -0.2) is 0 Å². The quantitative estimate of drug-likeness (QED) is 0.887. The first-order chi connectivity index (χ1) is 11.7. The normalized spacial score (nSPS) is 16.9. The maximum absolute atomic E-state index is 12.9. The van der Waals surface area contributed by atoms with Gasteiger partial charge in [-0.2, -0.15) is 0 Å². The Bertz CT molecular complexity index is 717. The molecule has 1 atom stereocenters. The van der Waals surface area contributed by atoms with E-state index >= 15 is 0 Å². The topological polar surface area (TPSA) is 67.6 Å². The lowest BCUT2D eigenvalue weighted by Gasteiger charge is -2.19. The maximum Gasteiger partial charge on any atom is 0.255 e. The number of para-hydroxylation sites is 1. The van der Waals surface area contributed by atoms with Gasteiger partial charge in [0.25, 0.3) is 5.91 Å². The smallest absolute Gasteiger partial charge is 0.255 e. The lowest BCUT2D eigenvalue weighted by atomic mass is 10.1. The van der Waals surface area contributed by atoms with E-state index in [-0.39, 0.29) is 5.91 Å². The summed E-state index contributed by atoms with van der Waals surface area (Å²) >= 11 is 0. The summed E-state index contributed by atoms with van der Waals surface area (Å²) in [4.78, 5) is 14.8. The number of hydrogen-bond acceptors (Lipinski definition) is 4. The number of benzene rings is 2. The number of rotatable bonds is 5. The molecule has 1 aliphatic heterocycles. The first-order valence-corrected chi connectivity index (χ1v) is 8.20. The van der Waals surface area contributed by atoms with Crippen molar-refractivity contribution in [2.45, 2.75) is 6.42 Å². The Balaban J connectivity index is 1.81. The van der Waals surface area contributed by atoms with E-state index in [2.05, 4.69) is 5.32 Å². The molecule has 1 aliphatic rings. The van der Waals surface area contributed by atoms with Gasteiger partial charge in [0.05, 0.1) is 18.4 Å². The van der Waals surface area contributed by atoms with Crippen LogP contribution in [0, 0.1) is 5.92 Å². The summed E-state index contributed by atoms with van der Waals surface area (Å²) in [6, 6.07) is 15.2. The molecule has 1 heterocycles. The second-order valence-corrected chi connectivity index (χ2v) is 6.04. The molecule has 5 heteroatoms. The van der Waals surface area contributed by atoms with Gasteiger partial charge in [-0.1, -0.05) is 18.2 Å². The van der Waals surface area contributed by atoms with Crippen LogP contribution in [0.1, 0.15) is 16.8 Å². The molecule has 3 rings (SSSR count). The molecular weight excluding hydrogens is 302 g/mol. The van der Waals surface area contributed by atoms with E-state index in [1.54, 1.807) is 7.11 Å². The molecule has 0 radical (unpaired) electrons. The number of ether oxygens (including phenoxy) is 1. The monoisotopic (exact) mass is 325 g/mol. The number of likely N-dealkylation sites (tertiary alicyclic amines) is 1. The summed E-state index contributed by atoms with van der Waals surface area (Å²) < 4.78 is 5.25. The van der Waals surface area contributed by atoms with Crippen molar-refractivity contribution in [2.75, 3.05) is 32.1 Å². The third-order valence-corrected chi connectivity index (χ3v) is 4.41. The van der Waals surface area contributed by atoms with Gasteiger partial charge >= 0.3 is 0 Å². The fourth-order valence-corrected chi connectivity index (χ4v) is 3.01. The fourth-order valence-electron chi connectivity index (χ4n) is 3.01. The lowest BCUT2D eigenvalue weighted by Crippen LogP contribution is -2.30. The van der Waals surface area contributed by atoms with E-state index in [4.69, 9.17) is 10.5 Å². The molecule has 0 saturated carbocycles. The van der Waals surface area contributed by atoms with Crippen LogP contribution in [0.2, 0.25) is 0 Å². The van der Waals surface area contributed by atoms with Crippen molar-refractivity contribution in [1.82, 2.24) is 4.90 Å². The van der Waals surface area contributed by atoms with Crippen molar-refractivity contribution in [2.24, 2.45) is 11.7 Å². The highest BCUT2D eigenvalue weighted by molar-refractivity contribution is 6.00. The molecule has 0 bridgehead atoms. The van der Waals surface area contributed by atoms with E-state index < -0.39 is 0 Å². The number of methoxy groups -OCH3 is 1. The zero-order chi connectivity index (χ0) is 16.9. The molecule has 5 nitrogen and oxygen atoms in total. The number of nitrogens with zero attached hydrogens (tertiary/aromatic N) is 1. The summed E-state index contributed by atoms with van der Waals surface area (Å²) in [6.45, 7) is 2.14. The summed E-state index contributed by atoms with van der Waals surface area (Å²) in [5, 5.41) is 3.32. The summed E-state index contributed by atoms with van der Waals surface area (Å²) in [5.74, 6) is 1.23.